The highest BCUT2D eigenvalue weighted by atomic mass is 35.5. The van der Waals surface area contributed by atoms with Gasteiger partial charge >= 0.3 is 6.09 Å². The number of amides is 2. The molecule has 2 N–H and O–H groups in total. The topological polar surface area (TPSA) is 79.8 Å². The van der Waals surface area contributed by atoms with Gasteiger partial charge in [-0.25, -0.2) is 14.2 Å². The van der Waals surface area contributed by atoms with Crippen molar-refractivity contribution in [3.05, 3.63) is 64.4 Å². The molecule has 0 aliphatic heterocycles. The van der Waals surface area contributed by atoms with E-state index in [2.05, 4.69) is 15.6 Å². The Morgan fingerprint density at radius 3 is 2.58 bits per heavy atom. The maximum Gasteiger partial charge on any atom is 0.407 e. The van der Waals surface area contributed by atoms with Gasteiger partial charge in [-0.3, -0.25) is 4.79 Å². The molecule has 0 heterocycles. The fourth-order valence-electron chi connectivity index (χ4n) is 4.00. The summed E-state index contributed by atoms with van der Waals surface area (Å²) in [5.41, 5.74) is 1.85. The highest BCUT2D eigenvalue weighted by Gasteiger charge is 2.24. The quantitative estimate of drug-likeness (QED) is 0.402. The van der Waals surface area contributed by atoms with E-state index in [4.69, 9.17) is 16.3 Å². The first-order valence-electron chi connectivity index (χ1n) is 11.2. The van der Waals surface area contributed by atoms with Crippen molar-refractivity contribution in [3.63, 3.8) is 0 Å². The van der Waals surface area contributed by atoms with Gasteiger partial charge in [0.1, 0.15) is 11.7 Å². The van der Waals surface area contributed by atoms with E-state index in [9.17, 15) is 14.0 Å². The predicted octanol–water partition coefficient (Wildman–Crippen LogP) is 5.94. The van der Waals surface area contributed by atoms with Crippen LogP contribution in [0.2, 0.25) is 5.02 Å². The van der Waals surface area contributed by atoms with E-state index in [0.29, 0.717) is 30.1 Å². The summed E-state index contributed by atoms with van der Waals surface area (Å²) < 4.78 is 18.8. The number of halogens is 2. The van der Waals surface area contributed by atoms with Gasteiger partial charge in [0.05, 0.1) is 12.3 Å². The molecule has 33 heavy (non-hydrogen) atoms. The molecular weight excluding hydrogens is 445 g/mol. The van der Waals surface area contributed by atoms with Gasteiger partial charge in [0.25, 0.3) is 5.91 Å². The summed E-state index contributed by atoms with van der Waals surface area (Å²) in [7, 11) is 0. The molecular formula is C25H29ClFN3O3. The zero-order valence-corrected chi connectivity index (χ0v) is 19.6. The summed E-state index contributed by atoms with van der Waals surface area (Å²) in [5, 5.41) is 6.04. The van der Waals surface area contributed by atoms with Gasteiger partial charge in [-0.05, 0) is 75.8 Å². The fourth-order valence-corrected chi connectivity index (χ4v) is 4.21. The minimum Gasteiger partial charge on any atom is -0.450 e. The molecule has 0 radical (unpaired) electrons. The van der Waals surface area contributed by atoms with Crippen LogP contribution in [-0.2, 0) is 4.74 Å². The van der Waals surface area contributed by atoms with Crippen molar-refractivity contribution in [3.8, 4) is 0 Å². The largest absolute Gasteiger partial charge is 0.450 e. The lowest BCUT2D eigenvalue weighted by molar-refractivity contribution is 0.0975. The molecule has 2 aromatic rings. The number of carbonyl (C=O) groups excluding carboxylic acids is 2. The SMILES string of the molecule is CCOC(=O)NC1CCC(CC(=Nc2cc(F)cc(Cl)c2)NC(=O)c2cccc(C)c2)CC1. The van der Waals surface area contributed by atoms with Crippen molar-refractivity contribution < 1.29 is 18.7 Å². The van der Waals surface area contributed by atoms with Crippen LogP contribution in [0.1, 0.15) is 54.9 Å². The second-order valence-electron chi connectivity index (χ2n) is 8.30. The lowest BCUT2D eigenvalue weighted by Crippen LogP contribution is -2.39. The van der Waals surface area contributed by atoms with Crippen LogP contribution in [0, 0.1) is 18.7 Å². The first-order chi connectivity index (χ1) is 15.8. The molecule has 0 bridgehead atoms. The lowest BCUT2D eigenvalue weighted by Gasteiger charge is -2.29. The number of nitrogens with one attached hydrogen (secondary N) is 2. The molecule has 0 atom stereocenters. The number of hydrogen-bond acceptors (Lipinski definition) is 4. The number of nitrogens with zero attached hydrogens (tertiary/aromatic N) is 1. The van der Waals surface area contributed by atoms with E-state index in [1.807, 2.05) is 19.1 Å². The molecule has 0 unspecified atom stereocenters. The summed E-state index contributed by atoms with van der Waals surface area (Å²) in [6.07, 6.45) is 3.48. The van der Waals surface area contributed by atoms with E-state index >= 15 is 0 Å². The number of benzene rings is 2. The number of ether oxygens (including phenoxy) is 1. The molecule has 0 aromatic heterocycles. The molecule has 176 valence electrons. The van der Waals surface area contributed by atoms with Crippen LogP contribution < -0.4 is 10.6 Å². The third kappa shape index (κ3) is 7.86. The molecule has 2 aromatic carbocycles. The predicted molar refractivity (Wildman–Crippen MR) is 128 cm³/mol. The van der Waals surface area contributed by atoms with Crippen molar-refractivity contribution in [2.75, 3.05) is 6.61 Å². The van der Waals surface area contributed by atoms with Gasteiger partial charge in [0.2, 0.25) is 0 Å². The monoisotopic (exact) mass is 473 g/mol. The van der Waals surface area contributed by atoms with Gasteiger partial charge < -0.3 is 15.4 Å². The Labute approximate surface area is 198 Å². The van der Waals surface area contributed by atoms with Gasteiger partial charge in [0.15, 0.2) is 0 Å². The molecule has 1 saturated carbocycles. The van der Waals surface area contributed by atoms with Crippen LogP contribution in [0.4, 0.5) is 14.9 Å². The Morgan fingerprint density at radius 2 is 1.91 bits per heavy atom. The summed E-state index contributed by atoms with van der Waals surface area (Å²) in [6.45, 7) is 4.03. The minimum absolute atomic E-state index is 0.0737. The van der Waals surface area contributed by atoms with E-state index in [0.717, 1.165) is 31.2 Å². The van der Waals surface area contributed by atoms with Crippen LogP contribution in [-0.4, -0.2) is 30.5 Å². The molecule has 1 fully saturated rings. The molecule has 0 spiro atoms. The van der Waals surface area contributed by atoms with Gasteiger partial charge in [-0.15, -0.1) is 0 Å². The molecule has 1 aliphatic rings. The number of aryl methyl sites for hydroxylation is 1. The van der Waals surface area contributed by atoms with Crippen molar-refractivity contribution in [1.82, 2.24) is 10.6 Å². The Bertz CT molecular complexity index is 999. The minimum atomic E-state index is -0.490. The maximum atomic E-state index is 13.8. The van der Waals surface area contributed by atoms with E-state index < -0.39 is 11.9 Å². The van der Waals surface area contributed by atoms with Crippen LogP contribution in [0.25, 0.3) is 0 Å². The number of amidine groups is 1. The molecule has 3 rings (SSSR count). The second kappa shape index (κ2) is 11.8. The summed E-state index contributed by atoms with van der Waals surface area (Å²) in [4.78, 5) is 29.0. The third-order valence-electron chi connectivity index (χ3n) is 5.58. The molecule has 6 nitrogen and oxygen atoms in total. The summed E-state index contributed by atoms with van der Waals surface area (Å²) in [6, 6.07) is 11.4. The molecule has 1 aliphatic carbocycles. The van der Waals surface area contributed by atoms with Crippen molar-refractivity contribution in [2.24, 2.45) is 10.9 Å². The molecule has 2 amide bonds. The number of hydrogen-bond donors (Lipinski definition) is 2. The first-order valence-corrected chi connectivity index (χ1v) is 11.5. The highest BCUT2D eigenvalue weighted by molar-refractivity contribution is 6.30. The Balaban J connectivity index is 1.71. The van der Waals surface area contributed by atoms with Gasteiger partial charge in [-0.1, -0.05) is 29.3 Å². The number of aliphatic imine (C=N–C) groups is 1. The summed E-state index contributed by atoms with van der Waals surface area (Å²) >= 11 is 5.98. The van der Waals surface area contributed by atoms with E-state index in [1.54, 1.807) is 25.1 Å². The smallest absolute Gasteiger partial charge is 0.407 e. The number of rotatable bonds is 6. The Hall–Kier alpha value is -2.93. The lowest BCUT2D eigenvalue weighted by atomic mass is 9.84. The Kier molecular flexibility index (Phi) is 8.83. The van der Waals surface area contributed by atoms with Gasteiger partial charge in [-0.2, -0.15) is 0 Å². The van der Waals surface area contributed by atoms with Crippen molar-refractivity contribution >= 4 is 35.1 Å². The normalized spacial score (nSPS) is 18.5. The molecule has 0 saturated heterocycles. The van der Waals surface area contributed by atoms with Crippen molar-refractivity contribution in [1.29, 1.82) is 0 Å². The average molecular weight is 474 g/mol. The van der Waals surface area contributed by atoms with Crippen molar-refractivity contribution in [2.45, 2.75) is 52.0 Å². The van der Waals surface area contributed by atoms with E-state index in [1.165, 1.54) is 12.1 Å². The van der Waals surface area contributed by atoms with Crippen LogP contribution in [0.3, 0.4) is 0 Å². The van der Waals surface area contributed by atoms with Crippen LogP contribution in [0.5, 0.6) is 0 Å². The van der Waals surface area contributed by atoms with E-state index in [-0.39, 0.29) is 22.9 Å². The second-order valence-corrected chi connectivity index (χ2v) is 8.73. The van der Waals surface area contributed by atoms with Crippen LogP contribution >= 0.6 is 11.6 Å². The standard InChI is InChI=1S/C25H29ClFN3O3/c1-3-33-25(32)29-21-9-7-17(8-10-21)12-23(28-22-14-19(26)13-20(27)15-22)30-24(31)18-6-4-5-16(2)11-18/h4-6,11,13-15,17,21H,3,7-10,12H2,1-2H3,(H,29,32)(H,28,30,31). The summed E-state index contributed by atoms with van der Waals surface area (Å²) in [5.74, 6) is -0.0235. The first kappa shape index (κ1) is 24.7. The number of carbonyl (C=O) groups is 2. The Morgan fingerprint density at radius 1 is 1.15 bits per heavy atom. The molecule has 8 heteroatoms. The number of alkyl carbamates (subject to hydrolysis) is 1. The third-order valence-corrected chi connectivity index (χ3v) is 5.79. The highest BCUT2D eigenvalue weighted by Crippen LogP contribution is 2.28. The van der Waals surface area contributed by atoms with Crippen LogP contribution in [0.15, 0.2) is 47.5 Å². The fraction of sp³-hybridized carbons (Fsp3) is 0.400. The van der Waals surface area contributed by atoms with Gasteiger partial charge in [0, 0.05) is 23.0 Å². The zero-order chi connectivity index (χ0) is 23.8. The zero-order valence-electron chi connectivity index (χ0n) is 18.9. The maximum absolute atomic E-state index is 13.8. The average Bonchev–Trinajstić information content (AvgIpc) is 2.74.